The number of hydrogen-bond acceptors (Lipinski definition) is 1. The Morgan fingerprint density at radius 1 is 1.00 bits per heavy atom. The van der Waals surface area contributed by atoms with Crippen LogP contribution in [0.3, 0.4) is 0 Å². The molecule has 1 aliphatic carbocycles. The van der Waals surface area contributed by atoms with Crippen molar-refractivity contribution >= 4 is 5.71 Å². The molecule has 0 heterocycles. The molecule has 0 aliphatic heterocycles. The fourth-order valence-corrected chi connectivity index (χ4v) is 1.22. The maximum Gasteiger partial charge on any atom is 0.0642 e. The molecular weight excluding hydrogens is 158 g/mol. The normalized spacial score (nSPS) is 19.0. The Labute approximate surface area is 79.9 Å². The molecule has 0 spiro atoms. The van der Waals surface area contributed by atoms with Crippen LogP contribution in [0.25, 0.3) is 0 Å². The quantitative estimate of drug-likeness (QED) is 0.534. The van der Waals surface area contributed by atoms with Gasteiger partial charge in [0.05, 0.1) is 5.71 Å². The first kappa shape index (κ1) is 9.72. The zero-order valence-electron chi connectivity index (χ0n) is 8.41. The highest BCUT2D eigenvalue weighted by Gasteiger charge is 2.01. The van der Waals surface area contributed by atoms with Gasteiger partial charge in [-0.3, -0.25) is 4.99 Å². The minimum Gasteiger partial charge on any atom is -0.288 e. The van der Waals surface area contributed by atoms with Crippen molar-refractivity contribution in [2.75, 3.05) is 7.05 Å². The van der Waals surface area contributed by atoms with Crippen LogP contribution < -0.4 is 0 Å². The van der Waals surface area contributed by atoms with E-state index in [0.29, 0.717) is 0 Å². The van der Waals surface area contributed by atoms with Gasteiger partial charge < -0.3 is 0 Å². The predicted molar refractivity (Wildman–Crippen MR) is 59.2 cm³/mol. The number of allylic oxidation sites excluding steroid dienone is 8. The van der Waals surface area contributed by atoms with Crippen molar-refractivity contribution in [3.8, 4) is 0 Å². The summed E-state index contributed by atoms with van der Waals surface area (Å²) in [6.45, 7) is 4.20. The first-order valence-electron chi connectivity index (χ1n) is 4.41. The van der Waals surface area contributed by atoms with Gasteiger partial charge in [-0.2, -0.15) is 0 Å². The van der Waals surface area contributed by atoms with Gasteiger partial charge in [0.25, 0.3) is 0 Å². The number of aliphatic imine (C=N–C) groups is 1. The lowest BCUT2D eigenvalue weighted by Crippen LogP contribution is -1.99. The molecule has 0 fully saturated rings. The summed E-state index contributed by atoms with van der Waals surface area (Å²) >= 11 is 0. The smallest absolute Gasteiger partial charge is 0.0642 e. The van der Waals surface area contributed by atoms with Crippen LogP contribution >= 0.6 is 0 Å². The van der Waals surface area contributed by atoms with Crippen LogP contribution in [-0.4, -0.2) is 12.8 Å². The fraction of sp³-hybridized carbons (Fsp3) is 0.250. The van der Waals surface area contributed by atoms with Crippen molar-refractivity contribution in [2.24, 2.45) is 4.99 Å². The summed E-state index contributed by atoms with van der Waals surface area (Å²) in [5.41, 5.74) is 3.54. The van der Waals surface area contributed by atoms with Gasteiger partial charge in [-0.25, -0.2) is 0 Å². The topological polar surface area (TPSA) is 12.4 Å². The van der Waals surface area contributed by atoms with Gasteiger partial charge in [0.15, 0.2) is 0 Å². The molecule has 1 nitrogen and oxygen atoms in total. The second-order valence-electron chi connectivity index (χ2n) is 3.13. The molecule has 0 saturated carbocycles. The SMILES string of the molecule is CN=C1C=CC=CC=CC1=C(C)C. The summed E-state index contributed by atoms with van der Waals surface area (Å²) in [4.78, 5) is 4.24. The highest BCUT2D eigenvalue weighted by molar-refractivity contribution is 6.11. The average Bonchev–Trinajstić information content (AvgIpc) is 2.03. The van der Waals surface area contributed by atoms with E-state index in [1.165, 1.54) is 11.1 Å². The third-order valence-electron chi connectivity index (χ3n) is 1.91. The largest absolute Gasteiger partial charge is 0.288 e. The molecule has 68 valence electrons. The van der Waals surface area contributed by atoms with Crippen LogP contribution in [0.4, 0.5) is 0 Å². The van der Waals surface area contributed by atoms with Crippen molar-refractivity contribution < 1.29 is 0 Å². The maximum atomic E-state index is 4.24. The van der Waals surface area contributed by atoms with Gasteiger partial charge in [-0.1, -0.05) is 36.0 Å². The highest BCUT2D eigenvalue weighted by atomic mass is 14.7. The molecule has 1 aliphatic rings. The van der Waals surface area contributed by atoms with Crippen molar-refractivity contribution in [1.29, 1.82) is 0 Å². The third kappa shape index (κ3) is 2.55. The second-order valence-corrected chi connectivity index (χ2v) is 3.13. The first-order chi connectivity index (χ1) is 6.25. The van der Waals surface area contributed by atoms with E-state index in [9.17, 15) is 0 Å². The molecule has 0 aromatic carbocycles. The van der Waals surface area contributed by atoms with Crippen LogP contribution in [0.1, 0.15) is 13.8 Å². The van der Waals surface area contributed by atoms with Gasteiger partial charge in [0.2, 0.25) is 0 Å². The van der Waals surface area contributed by atoms with Crippen LogP contribution in [0.2, 0.25) is 0 Å². The minimum atomic E-state index is 1.04. The van der Waals surface area contributed by atoms with Crippen molar-refractivity contribution in [3.05, 3.63) is 47.6 Å². The first-order valence-corrected chi connectivity index (χ1v) is 4.41. The molecule has 1 heteroatoms. The Kier molecular flexibility index (Phi) is 3.44. The molecule has 0 aromatic heterocycles. The van der Waals surface area contributed by atoms with E-state index in [1.54, 1.807) is 0 Å². The molecule has 0 saturated heterocycles. The maximum absolute atomic E-state index is 4.24. The lowest BCUT2D eigenvalue weighted by Gasteiger charge is -2.05. The Hall–Kier alpha value is -1.37. The van der Waals surface area contributed by atoms with E-state index >= 15 is 0 Å². The Morgan fingerprint density at radius 2 is 1.62 bits per heavy atom. The molecule has 0 bridgehead atoms. The zero-order chi connectivity index (χ0) is 9.68. The molecular formula is C12H15N. The van der Waals surface area contributed by atoms with Gasteiger partial charge in [-0.15, -0.1) is 0 Å². The van der Waals surface area contributed by atoms with Crippen molar-refractivity contribution in [1.82, 2.24) is 0 Å². The molecule has 0 amide bonds. The van der Waals surface area contributed by atoms with E-state index < -0.39 is 0 Å². The molecule has 1 rings (SSSR count). The Morgan fingerprint density at radius 3 is 2.15 bits per heavy atom. The average molecular weight is 173 g/mol. The van der Waals surface area contributed by atoms with Crippen molar-refractivity contribution in [3.63, 3.8) is 0 Å². The minimum absolute atomic E-state index is 1.04. The Bertz CT molecular complexity index is 321. The lowest BCUT2D eigenvalue weighted by molar-refractivity contribution is 1.34. The van der Waals surface area contributed by atoms with E-state index in [-0.39, 0.29) is 0 Å². The van der Waals surface area contributed by atoms with Gasteiger partial charge >= 0.3 is 0 Å². The summed E-state index contributed by atoms with van der Waals surface area (Å²) in [6, 6.07) is 0. The fourth-order valence-electron chi connectivity index (χ4n) is 1.22. The number of nitrogens with zero attached hydrogens (tertiary/aromatic N) is 1. The predicted octanol–water partition coefficient (Wildman–Crippen LogP) is 3.08. The summed E-state index contributed by atoms with van der Waals surface area (Å²) in [5.74, 6) is 0. The van der Waals surface area contributed by atoms with Crippen LogP contribution in [0.15, 0.2) is 52.6 Å². The van der Waals surface area contributed by atoms with Crippen LogP contribution in [0.5, 0.6) is 0 Å². The lowest BCUT2D eigenvalue weighted by atomic mass is 10.0. The summed E-state index contributed by atoms with van der Waals surface area (Å²) in [7, 11) is 1.82. The van der Waals surface area contributed by atoms with Crippen LogP contribution in [-0.2, 0) is 0 Å². The van der Waals surface area contributed by atoms with Crippen molar-refractivity contribution in [2.45, 2.75) is 13.8 Å². The zero-order valence-corrected chi connectivity index (χ0v) is 8.41. The highest BCUT2D eigenvalue weighted by Crippen LogP contribution is 2.10. The summed E-state index contributed by atoms with van der Waals surface area (Å²) < 4.78 is 0. The number of hydrogen-bond donors (Lipinski definition) is 0. The third-order valence-corrected chi connectivity index (χ3v) is 1.91. The second kappa shape index (κ2) is 4.61. The van der Waals surface area contributed by atoms with Crippen LogP contribution in [0, 0.1) is 0 Å². The number of rotatable bonds is 0. The molecule has 0 radical (unpaired) electrons. The van der Waals surface area contributed by atoms with E-state index in [1.807, 2.05) is 37.4 Å². The van der Waals surface area contributed by atoms with Gasteiger partial charge in [0.1, 0.15) is 0 Å². The van der Waals surface area contributed by atoms with Gasteiger partial charge in [-0.05, 0) is 25.5 Å². The monoisotopic (exact) mass is 173 g/mol. The van der Waals surface area contributed by atoms with E-state index in [4.69, 9.17) is 0 Å². The summed E-state index contributed by atoms with van der Waals surface area (Å²) in [6.07, 6.45) is 12.2. The molecule has 0 N–H and O–H groups in total. The molecule has 13 heavy (non-hydrogen) atoms. The Balaban J connectivity index is 3.18. The molecule has 0 unspecified atom stereocenters. The van der Waals surface area contributed by atoms with E-state index in [0.717, 1.165) is 5.71 Å². The van der Waals surface area contributed by atoms with E-state index in [2.05, 4.69) is 24.9 Å². The summed E-state index contributed by atoms with van der Waals surface area (Å²) in [5, 5.41) is 0. The standard InChI is InChI=1S/C12H15N/c1-10(2)11-8-6-4-5-7-9-12(11)13-3/h4-9H,1-3H3. The van der Waals surface area contributed by atoms with Gasteiger partial charge in [0, 0.05) is 7.05 Å². The molecule has 0 aromatic rings. The molecule has 0 atom stereocenters.